The SMILES string of the molecule is CC(C)(C)NC(=O)CCc1ccc(F)c(F)c1. The summed E-state index contributed by atoms with van der Waals surface area (Å²) in [6.07, 6.45) is 0.668. The molecule has 1 rings (SSSR count). The van der Waals surface area contributed by atoms with Crippen LogP contribution >= 0.6 is 0 Å². The minimum Gasteiger partial charge on any atom is -0.351 e. The smallest absolute Gasteiger partial charge is 0.220 e. The molecule has 0 saturated carbocycles. The molecule has 4 heteroatoms. The van der Waals surface area contributed by atoms with Gasteiger partial charge in [-0.15, -0.1) is 0 Å². The van der Waals surface area contributed by atoms with Crippen LogP contribution in [0.4, 0.5) is 8.78 Å². The first-order valence-corrected chi connectivity index (χ1v) is 5.53. The molecule has 1 amide bonds. The van der Waals surface area contributed by atoms with Crippen LogP contribution in [-0.4, -0.2) is 11.4 Å². The second-order valence-corrected chi connectivity index (χ2v) is 5.05. The molecule has 17 heavy (non-hydrogen) atoms. The van der Waals surface area contributed by atoms with Crippen LogP contribution < -0.4 is 5.32 Å². The van der Waals surface area contributed by atoms with E-state index in [0.29, 0.717) is 12.0 Å². The highest BCUT2D eigenvalue weighted by atomic mass is 19.2. The summed E-state index contributed by atoms with van der Waals surface area (Å²) in [7, 11) is 0. The Morgan fingerprint density at radius 2 is 1.88 bits per heavy atom. The third kappa shape index (κ3) is 4.93. The van der Waals surface area contributed by atoms with Crippen molar-refractivity contribution >= 4 is 5.91 Å². The van der Waals surface area contributed by atoms with Crippen LogP contribution in [0.3, 0.4) is 0 Å². The number of rotatable bonds is 3. The van der Waals surface area contributed by atoms with Crippen LogP contribution in [0.1, 0.15) is 32.8 Å². The maximum absolute atomic E-state index is 12.9. The van der Waals surface area contributed by atoms with Crippen molar-refractivity contribution in [3.63, 3.8) is 0 Å². The molecular weight excluding hydrogens is 224 g/mol. The molecule has 0 spiro atoms. The molecule has 1 aromatic rings. The number of halogens is 2. The zero-order valence-electron chi connectivity index (χ0n) is 10.3. The summed E-state index contributed by atoms with van der Waals surface area (Å²) >= 11 is 0. The average molecular weight is 241 g/mol. The topological polar surface area (TPSA) is 29.1 Å². The van der Waals surface area contributed by atoms with Crippen molar-refractivity contribution in [3.05, 3.63) is 35.4 Å². The van der Waals surface area contributed by atoms with Crippen LogP contribution in [0.5, 0.6) is 0 Å². The van der Waals surface area contributed by atoms with Crippen molar-refractivity contribution in [3.8, 4) is 0 Å². The molecule has 0 unspecified atom stereocenters. The molecule has 0 atom stereocenters. The lowest BCUT2D eigenvalue weighted by molar-refractivity contribution is -0.122. The molecule has 1 N–H and O–H groups in total. The molecule has 94 valence electrons. The highest BCUT2D eigenvalue weighted by molar-refractivity contribution is 5.76. The summed E-state index contributed by atoms with van der Waals surface area (Å²) in [4.78, 5) is 11.5. The number of amides is 1. The van der Waals surface area contributed by atoms with E-state index in [9.17, 15) is 13.6 Å². The summed E-state index contributed by atoms with van der Waals surface area (Å²) in [6.45, 7) is 5.67. The Morgan fingerprint density at radius 3 is 2.41 bits per heavy atom. The molecule has 0 heterocycles. The van der Waals surface area contributed by atoms with Crippen molar-refractivity contribution in [2.75, 3.05) is 0 Å². The zero-order chi connectivity index (χ0) is 13.1. The van der Waals surface area contributed by atoms with Crippen molar-refractivity contribution in [1.82, 2.24) is 5.32 Å². The van der Waals surface area contributed by atoms with E-state index in [4.69, 9.17) is 0 Å². The van der Waals surface area contributed by atoms with Gasteiger partial charge in [-0.1, -0.05) is 6.07 Å². The number of aryl methyl sites for hydroxylation is 1. The Kier molecular flexibility index (Phi) is 4.21. The number of carbonyl (C=O) groups is 1. The van der Waals surface area contributed by atoms with E-state index >= 15 is 0 Å². The molecule has 0 fully saturated rings. The van der Waals surface area contributed by atoms with Crippen LogP contribution in [-0.2, 0) is 11.2 Å². The van der Waals surface area contributed by atoms with E-state index in [1.165, 1.54) is 6.07 Å². The van der Waals surface area contributed by atoms with Gasteiger partial charge in [-0.05, 0) is 44.9 Å². The summed E-state index contributed by atoms with van der Waals surface area (Å²) in [5.74, 6) is -1.84. The lowest BCUT2D eigenvalue weighted by Gasteiger charge is -2.20. The number of hydrogen-bond donors (Lipinski definition) is 1. The van der Waals surface area contributed by atoms with Crippen molar-refractivity contribution in [1.29, 1.82) is 0 Å². The number of hydrogen-bond acceptors (Lipinski definition) is 1. The Balaban J connectivity index is 2.50. The summed E-state index contributed by atoms with van der Waals surface area (Å²) in [5.41, 5.74) is 0.346. The van der Waals surface area contributed by atoms with Gasteiger partial charge in [0.05, 0.1) is 0 Å². The fourth-order valence-electron chi connectivity index (χ4n) is 1.43. The van der Waals surface area contributed by atoms with Gasteiger partial charge in [-0.25, -0.2) is 8.78 Å². The molecule has 0 aromatic heterocycles. The van der Waals surface area contributed by atoms with Gasteiger partial charge in [0.1, 0.15) is 0 Å². The van der Waals surface area contributed by atoms with Gasteiger partial charge in [-0.3, -0.25) is 4.79 Å². The predicted octanol–water partition coefficient (Wildman–Crippen LogP) is 2.81. The second kappa shape index (κ2) is 5.25. The van der Waals surface area contributed by atoms with Gasteiger partial charge in [0, 0.05) is 12.0 Å². The normalized spacial score (nSPS) is 11.4. The van der Waals surface area contributed by atoms with Gasteiger partial charge in [0.2, 0.25) is 5.91 Å². The van der Waals surface area contributed by atoms with E-state index in [0.717, 1.165) is 12.1 Å². The molecule has 0 saturated heterocycles. The van der Waals surface area contributed by atoms with E-state index in [-0.39, 0.29) is 17.9 Å². The number of nitrogens with one attached hydrogen (secondary N) is 1. The van der Waals surface area contributed by atoms with Crippen molar-refractivity contribution < 1.29 is 13.6 Å². The number of carbonyl (C=O) groups excluding carboxylic acids is 1. The van der Waals surface area contributed by atoms with E-state index in [1.807, 2.05) is 20.8 Å². The Hall–Kier alpha value is -1.45. The first-order chi connectivity index (χ1) is 7.78. The minimum absolute atomic E-state index is 0.0952. The fourth-order valence-corrected chi connectivity index (χ4v) is 1.43. The molecule has 2 nitrogen and oxygen atoms in total. The largest absolute Gasteiger partial charge is 0.351 e. The molecule has 0 bridgehead atoms. The molecule has 0 aliphatic rings. The Bertz CT molecular complexity index is 410. The fraction of sp³-hybridized carbons (Fsp3) is 0.462. The summed E-state index contributed by atoms with van der Waals surface area (Å²) in [5, 5.41) is 2.81. The lowest BCUT2D eigenvalue weighted by Crippen LogP contribution is -2.40. The Labute approximate surface area is 100 Å². The zero-order valence-corrected chi connectivity index (χ0v) is 10.3. The first kappa shape index (κ1) is 13.6. The van der Waals surface area contributed by atoms with Gasteiger partial charge in [0.25, 0.3) is 0 Å². The predicted molar refractivity (Wildman–Crippen MR) is 62.6 cm³/mol. The molecule has 0 aliphatic carbocycles. The monoisotopic (exact) mass is 241 g/mol. The number of benzene rings is 1. The van der Waals surface area contributed by atoms with Crippen LogP contribution in [0.15, 0.2) is 18.2 Å². The highest BCUT2D eigenvalue weighted by Gasteiger charge is 2.13. The molecule has 0 radical (unpaired) electrons. The van der Waals surface area contributed by atoms with Gasteiger partial charge >= 0.3 is 0 Å². The van der Waals surface area contributed by atoms with Gasteiger partial charge in [0.15, 0.2) is 11.6 Å². The lowest BCUT2D eigenvalue weighted by atomic mass is 10.1. The van der Waals surface area contributed by atoms with E-state index < -0.39 is 11.6 Å². The minimum atomic E-state index is -0.876. The van der Waals surface area contributed by atoms with Crippen LogP contribution in [0.2, 0.25) is 0 Å². The van der Waals surface area contributed by atoms with Crippen molar-refractivity contribution in [2.45, 2.75) is 39.2 Å². The third-order valence-electron chi connectivity index (χ3n) is 2.14. The Morgan fingerprint density at radius 1 is 1.24 bits per heavy atom. The average Bonchev–Trinajstić information content (AvgIpc) is 2.17. The summed E-state index contributed by atoms with van der Waals surface area (Å²) in [6, 6.07) is 3.69. The van der Waals surface area contributed by atoms with Crippen LogP contribution in [0, 0.1) is 11.6 Å². The van der Waals surface area contributed by atoms with E-state index in [1.54, 1.807) is 0 Å². The summed E-state index contributed by atoms with van der Waals surface area (Å²) < 4.78 is 25.6. The highest BCUT2D eigenvalue weighted by Crippen LogP contribution is 2.10. The van der Waals surface area contributed by atoms with Crippen molar-refractivity contribution in [2.24, 2.45) is 0 Å². The van der Waals surface area contributed by atoms with Gasteiger partial charge < -0.3 is 5.32 Å². The molecular formula is C13H17F2NO. The van der Waals surface area contributed by atoms with Crippen LogP contribution in [0.25, 0.3) is 0 Å². The maximum atomic E-state index is 12.9. The van der Waals surface area contributed by atoms with Gasteiger partial charge in [-0.2, -0.15) is 0 Å². The second-order valence-electron chi connectivity index (χ2n) is 5.05. The van der Waals surface area contributed by atoms with E-state index in [2.05, 4.69) is 5.32 Å². The molecule has 0 aliphatic heterocycles. The third-order valence-corrected chi connectivity index (χ3v) is 2.14. The standard InChI is InChI=1S/C13H17F2NO/c1-13(2,3)16-12(17)7-5-9-4-6-10(14)11(15)8-9/h4,6,8H,5,7H2,1-3H3,(H,16,17). The quantitative estimate of drug-likeness (QED) is 0.866. The first-order valence-electron chi connectivity index (χ1n) is 5.53. The molecule has 1 aromatic carbocycles. The maximum Gasteiger partial charge on any atom is 0.220 e.